The van der Waals surface area contributed by atoms with Gasteiger partial charge in [0, 0.05) is 12.6 Å². The summed E-state index contributed by atoms with van der Waals surface area (Å²) in [7, 11) is 0. The number of ether oxygens (including phenoxy) is 2. The van der Waals surface area contributed by atoms with E-state index in [0.29, 0.717) is 19.1 Å². The van der Waals surface area contributed by atoms with Gasteiger partial charge in [-0.05, 0) is 61.4 Å². The van der Waals surface area contributed by atoms with Gasteiger partial charge in [0.15, 0.2) is 6.10 Å². The summed E-state index contributed by atoms with van der Waals surface area (Å²) >= 11 is 0. The number of benzene rings is 2. The normalized spacial score (nSPS) is 17.0. The second-order valence-corrected chi connectivity index (χ2v) is 7.00. The Morgan fingerprint density at radius 1 is 1.15 bits per heavy atom. The van der Waals surface area contributed by atoms with Gasteiger partial charge < -0.3 is 14.8 Å². The largest absolute Gasteiger partial charge is 0.479 e. The Morgan fingerprint density at radius 3 is 2.70 bits per heavy atom. The Labute approximate surface area is 161 Å². The summed E-state index contributed by atoms with van der Waals surface area (Å²) in [6, 6.07) is 17.1. The monoisotopic (exact) mass is 367 g/mol. The second kappa shape index (κ2) is 9.56. The van der Waals surface area contributed by atoms with Crippen LogP contribution in [0.2, 0.25) is 0 Å². The number of hydrogen-bond donors (Lipinski definition) is 1. The quantitative estimate of drug-likeness (QED) is 0.715. The molecule has 0 amide bonds. The molecule has 27 heavy (non-hydrogen) atoms. The van der Waals surface area contributed by atoms with Crippen molar-refractivity contribution in [2.24, 2.45) is 0 Å². The van der Waals surface area contributed by atoms with E-state index in [4.69, 9.17) is 9.47 Å². The van der Waals surface area contributed by atoms with Crippen molar-refractivity contribution in [3.63, 3.8) is 0 Å². The van der Waals surface area contributed by atoms with Crippen molar-refractivity contribution < 1.29 is 14.3 Å². The molecule has 0 fully saturated rings. The van der Waals surface area contributed by atoms with Crippen LogP contribution in [0.25, 0.3) is 0 Å². The highest BCUT2D eigenvalue weighted by Crippen LogP contribution is 2.27. The van der Waals surface area contributed by atoms with Crippen LogP contribution in [0.15, 0.2) is 48.5 Å². The van der Waals surface area contributed by atoms with Crippen LogP contribution in [-0.4, -0.2) is 24.7 Å². The average molecular weight is 367 g/mol. The van der Waals surface area contributed by atoms with E-state index in [-0.39, 0.29) is 5.97 Å². The van der Waals surface area contributed by atoms with E-state index in [2.05, 4.69) is 41.7 Å². The Kier molecular flexibility index (Phi) is 6.88. The number of carbonyl (C=O) groups is 1. The lowest BCUT2D eigenvalue weighted by molar-refractivity contribution is -0.151. The first-order chi connectivity index (χ1) is 13.2. The number of fused-ring (bicyclic) bond motifs is 1. The maximum Gasteiger partial charge on any atom is 0.347 e. The number of carbonyl (C=O) groups excluding carboxylic acids is 1. The van der Waals surface area contributed by atoms with Crippen molar-refractivity contribution in [1.29, 1.82) is 0 Å². The standard InChI is InChI=1S/C23H29NO3/c1-3-22(23(25)26-4-2)27-21-13-11-18-10-12-20(14-19(18)15-21)24-16-17-8-6-5-7-9-17/h5-9,11,13,15,20,22,24H,3-4,10,12,14,16H2,1-2H3. The molecule has 1 aliphatic carbocycles. The highest BCUT2D eigenvalue weighted by molar-refractivity contribution is 5.75. The van der Waals surface area contributed by atoms with E-state index in [1.807, 2.05) is 26.0 Å². The molecule has 3 rings (SSSR count). The number of hydrogen-bond acceptors (Lipinski definition) is 4. The molecule has 2 atom stereocenters. The fourth-order valence-corrected chi connectivity index (χ4v) is 3.54. The number of rotatable bonds is 8. The molecule has 1 aliphatic rings. The molecule has 0 aliphatic heterocycles. The zero-order valence-electron chi connectivity index (χ0n) is 16.2. The van der Waals surface area contributed by atoms with Gasteiger partial charge in [0.2, 0.25) is 0 Å². The zero-order chi connectivity index (χ0) is 19.1. The van der Waals surface area contributed by atoms with E-state index in [1.165, 1.54) is 16.7 Å². The summed E-state index contributed by atoms with van der Waals surface area (Å²) in [5.41, 5.74) is 3.99. The van der Waals surface area contributed by atoms with Crippen LogP contribution in [0.3, 0.4) is 0 Å². The van der Waals surface area contributed by atoms with Crippen molar-refractivity contribution in [2.75, 3.05) is 6.61 Å². The van der Waals surface area contributed by atoms with E-state index in [1.54, 1.807) is 0 Å². The molecule has 2 aromatic carbocycles. The lowest BCUT2D eigenvalue weighted by atomic mass is 9.88. The number of esters is 1. The number of aryl methyl sites for hydroxylation is 1. The summed E-state index contributed by atoms with van der Waals surface area (Å²) in [6.07, 6.45) is 3.24. The molecular formula is C23H29NO3. The van der Waals surface area contributed by atoms with E-state index in [0.717, 1.165) is 31.6 Å². The fraction of sp³-hybridized carbons (Fsp3) is 0.435. The van der Waals surface area contributed by atoms with Crippen LogP contribution in [0.4, 0.5) is 0 Å². The summed E-state index contributed by atoms with van der Waals surface area (Å²) in [5.74, 6) is 0.456. The maximum atomic E-state index is 12.0. The topological polar surface area (TPSA) is 47.6 Å². The lowest BCUT2D eigenvalue weighted by Crippen LogP contribution is -2.34. The van der Waals surface area contributed by atoms with Gasteiger partial charge in [-0.15, -0.1) is 0 Å². The molecule has 0 radical (unpaired) electrons. The molecule has 144 valence electrons. The van der Waals surface area contributed by atoms with Gasteiger partial charge >= 0.3 is 5.97 Å². The molecule has 0 aromatic heterocycles. The van der Waals surface area contributed by atoms with Crippen LogP contribution in [0, 0.1) is 0 Å². The summed E-state index contributed by atoms with van der Waals surface area (Å²) in [6.45, 7) is 5.01. The minimum absolute atomic E-state index is 0.292. The highest BCUT2D eigenvalue weighted by Gasteiger charge is 2.22. The molecule has 1 N–H and O–H groups in total. The van der Waals surface area contributed by atoms with Crippen LogP contribution in [-0.2, 0) is 28.9 Å². The second-order valence-electron chi connectivity index (χ2n) is 7.00. The van der Waals surface area contributed by atoms with Crippen molar-refractivity contribution >= 4 is 5.97 Å². The Balaban J connectivity index is 1.61. The van der Waals surface area contributed by atoms with Gasteiger partial charge in [-0.3, -0.25) is 0 Å². The molecule has 2 aromatic rings. The minimum Gasteiger partial charge on any atom is -0.479 e. The molecular weight excluding hydrogens is 338 g/mol. The fourth-order valence-electron chi connectivity index (χ4n) is 3.54. The molecule has 0 spiro atoms. The predicted octanol–water partition coefficient (Wildman–Crippen LogP) is 4.05. The highest BCUT2D eigenvalue weighted by atomic mass is 16.6. The van der Waals surface area contributed by atoms with Gasteiger partial charge in [0.25, 0.3) is 0 Å². The van der Waals surface area contributed by atoms with E-state index in [9.17, 15) is 4.79 Å². The third kappa shape index (κ3) is 5.33. The van der Waals surface area contributed by atoms with Gasteiger partial charge in [0.05, 0.1) is 6.61 Å². The summed E-state index contributed by atoms with van der Waals surface area (Å²) in [5, 5.41) is 3.67. The van der Waals surface area contributed by atoms with E-state index >= 15 is 0 Å². The van der Waals surface area contributed by atoms with E-state index < -0.39 is 6.10 Å². The van der Waals surface area contributed by atoms with Crippen molar-refractivity contribution in [2.45, 2.75) is 58.2 Å². The molecule has 4 nitrogen and oxygen atoms in total. The van der Waals surface area contributed by atoms with Gasteiger partial charge in [-0.2, -0.15) is 0 Å². The Hall–Kier alpha value is -2.33. The minimum atomic E-state index is -0.543. The van der Waals surface area contributed by atoms with Crippen LogP contribution < -0.4 is 10.1 Å². The molecule has 2 unspecified atom stereocenters. The smallest absolute Gasteiger partial charge is 0.347 e. The van der Waals surface area contributed by atoms with Gasteiger partial charge in [-0.25, -0.2) is 4.79 Å². The van der Waals surface area contributed by atoms with Crippen LogP contribution >= 0.6 is 0 Å². The third-order valence-electron chi connectivity index (χ3n) is 5.04. The van der Waals surface area contributed by atoms with Gasteiger partial charge in [-0.1, -0.05) is 43.3 Å². The summed E-state index contributed by atoms with van der Waals surface area (Å²) in [4.78, 5) is 12.0. The van der Waals surface area contributed by atoms with Crippen LogP contribution in [0.5, 0.6) is 5.75 Å². The molecule has 0 saturated heterocycles. The molecule has 4 heteroatoms. The number of nitrogens with one attached hydrogen (secondary N) is 1. The average Bonchev–Trinajstić information content (AvgIpc) is 2.71. The first-order valence-corrected chi connectivity index (χ1v) is 9.92. The maximum absolute atomic E-state index is 12.0. The first kappa shape index (κ1) is 19.4. The third-order valence-corrected chi connectivity index (χ3v) is 5.04. The summed E-state index contributed by atoms with van der Waals surface area (Å²) < 4.78 is 11.0. The van der Waals surface area contributed by atoms with Crippen molar-refractivity contribution in [3.05, 3.63) is 65.2 Å². The molecule has 0 heterocycles. The predicted molar refractivity (Wildman–Crippen MR) is 107 cm³/mol. The SMILES string of the molecule is CCOC(=O)C(CC)Oc1ccc2c(c1)CC(NCc1ccccc1)CC2. The Bertz CT molecular complexity index is 745. The molecule has 0 saturated carbocycles. The first-order valence-electron chi connectivity index (χ1n) is 9.92. The Morgan fingerprint density at radius 2 is 1.96 bits per heavy atom. The van der Waals surface area contributed by atoms with Crippen LogP contribution in [0.1, 0.15) is 43.4 Å². The van der Waals surface area contributed by atoms with Crippen molar-refractivity contribution in [1.82, 2.24) is 5.32 Å². The zero-order valence-corrected chi connectivity index (χ0v) is 16.2. The van der Waals surface area contributed by atoms with Gasteiger partial charge in [0.1, 0.15) is 5.75 Å². The van der Waals surface area contributed by atoms with Crippen molar-refractivity contribution in [3.8, 4) is 5.75 Å². The lowest BCUT2D eigenvalue weighted by Gasteiger charge is -2.26. The molecule has 0 bridgehead atoms.